The van der Waals surface area contributed by atoms with Gasteiger partial charge >= 0.3 is 6.18 Å². The average molecular weight is 229 g/mol. The number of aliphatic hydroxyl groups excluding tert-OH is 1. The lowest BCUT2D eigenvalue weighted by Gasteiger charge is -2.15. The topological polar surface area (TPSA) is 20.2 Å². The van der Waals surface area contributed by atoms with Gasteiger partial charge in [-0.15, -0.1) is 0 Å². The minimum atomic E-state index is -4.88. The molecule has 1 aromatic carbocycles. The van der Waals surface area contributed by atoms with Crippen molar-refractivity contribution in [1.29, 1.82) is 0 Å². The van der Waals surface area contributed by atoms with E-state index in [4.69, 9.17) is 16.7 Å². The van der Waals surface area contributed by atoms with Crippen LogP contribution in [0.5, 0.6) is 0 Å². The maximum absolute atomic E-state index is 12.9. The lowest BCUT2D eigenvalue weighted by molar-refractivity contribution is -0.207. The highest BCUT2D eigenvalue weighted by molar-refractivity contribution is 6.30. The van der Waals surface area contributed by atoms with E-state index in [1.807, 2.05) is 0 Å². The van der Waals surface area contributed by atoms with Crippen LogP contribution in [0.25, 0.3) is 0 Å². The fourth-order valence-corrected chi connectivity index (χ4v) is 1.06. The van der Waals surface area contributed by atoms with Crippen LogP contribution in [-0.4, -0.2) is 11.3 Å². The highest BCUT2D eigenvalue weighted by Crippen LogP contribution is 2.34. The third-order valence-corrected chi connectivity index (χ3v) is 1.80. The van der Waals surface area contributed by atoms with Gasteiger partial charge in [0, 0.05) is 10.6 Å². The van der Waals surface area contributed by atoms with E-state index in [1.54, 1.807) is 0 Å². The summed E-state index contributed by atoms with van der Waals surface area (Å²) >= 11 is 5.33. The molecule has 1 rings (SSSR count). The first-order valence-corrected chi connectivity index (χ1v) is 3.90. The van der Waals surface area contributed by atoms with Crippen LogP contribution in [0.4, 0.5) is 17.6 Å². The Kier molecular flexibility index (Phi) is 3.01. The summed E-state index contributed by atoms with van der Waals surface area (Å²) in [6.07, 6.45) is -7.70. The lowest BCUT2D eigenvalue weighted by Crippen LogP contribution is -2.21. The average Bonchev–Trinajstić information content (AvgIpc) is 2.01. The van der Waals surface area contributed by atoms with Crippen LogP contribution >= 0.6 is 11.6 Å². The Hall–Kier alpha value is -0.810. The lowest BCUT2D eigenvalue weighted by atomic mass is 10.1. The van der Waals surface area contributed by atoms with Crippen molar-refractivity contribution in [3.05, 3.63) is 34.6 Å². The Morgan fingerprint density at radius 1 is 1.29 bits per heavy atom. The third kappa shape index (κ3) is 2.36. The molecular weight excluding hydrogens is 224 g/mol. The van der Waals surface area contributed by atoms with Gasteiger partial charge in [0.2, 0.25) is 0 Å². The second kappa shape index (κ2) is 3.74. The smallest absolute Gasteiger partial charge is 0.379 e. The van der Waals surface area contributed by atoms with Crippen LogP contribution in [0.1, 0.15) is 11.7 Å². The predicted molar refractivity (Wildman–Crippen MR) is 42.4 cm³/mol. The molecule has 0 fully saturated rings. The molecule has 14 heavy (non-hydrogen) atoms. The molecule has 0 aliphatic carbocycles. The molecule has 1 atom stereocenters. The van der Waals surface area contributed by atoms with Gasteiger partial charge in [0.15, 0.2) is 6.10 Å². The number of hydrogen-bond donors (Lipinski definition) is 1. The molecule has 6 heteroatoms. The van der Waals surface area contributed by atoms with E-state index in [0.717, 1.165) is 12.1 Å². The Morgan fingerprint density at radius 3 is 2.29 bits per heavy atom. The van der Waals surface area contributed by atoms with Gasteiger partial charge in [0.25, 0.3) is 0 Å². The molecule has 0 heterocycles. The first-order chi connectivity index (χ1) is 6.32. The van der Waals surface area contributed by atoms with Gasteiger partial charge in [-0.2, -0.15) is 13.2 Å². The molecule has 0 bridgehead atoms. The first-order valence-electron chi connectivity index (χ1n) is 3.52. The molecule has 78 valence electrons. The minimum Gasteiger partial charge on any atom is -0.379 e. The molecule has 0 spiro atoms. The summed E-state index contributed by atoms with van der Waals surface area (Å²) in [5.41, 5.74) is -0.832. The minimum absolute atomic E-state index is 0.0272. The molecule has 0 saturated carbocycles. The van der Waals surface area contributed by atoms with E-state index in [1.165, 1.54) is 0 Å². The highest BCUT2D eigenvalue weighted by Gasteiger charge is 2.40. The van der Waals surface area contributed by atoms with Gasteiger partial charge in [-0.1, -0.05) is 17.7 Å². The van der Waals surface area contributed by atoms with Crippen molar-refractivity contribution in [3.8, 4) is 0 Å². The van der Waals surface area contributed by atoms with Gasteiger partial charge in [-0.3, -0.25) is 0 Å². The summed E-state index contributed by atoms with van der Waals surface area (Å²) in [7, 11) is 0. The van der Waals surface area contributed by atoms with Gasteiger partial charge < -0.3 is 5.11 Å². The van der Waals surface area contributed by atoms with Crippen LogP contribution in [0, 0.1) is 5.82 Å². The van der Waals surface area contributed by atoms with Crippen molar-refractivity contribution in [3.63, 3.8) is 0 Å². The summed E-state index contributed by atoms with van der Waals surface area (Å²) in [5.74, 6) is -1.18. The summed E-state index contributed by atoms with van der Waals surface area (Å²) < 4.78 is 48.8. The normalized spacial score (nSPS) is 14.1. The molecule has 0 aromatic heterocycles. The molecule has 0 amide bonds. The molecule has 0 unspecified atom stereocenters. The molecular formula is C8H5ClF4O. The highest BCUT2D eigenvalue weighted by atomic mass is 35.5. The number of hydrogen-bond acceptors (Lipinski definition) is 1. The zero-order valence-electron chi connectivity index (χ0n) is 6.65. The van der Waals surface area contributed by atoms with Crippen molar-refractivity contribution >= 4 is 11.6 Å². The molecule has 1 N–H and O–H groups in total. The quantitative estimate of drug-likeness (QED) is 0.733. The van der Waals surface area contributed by atoms with E-state index in [-0.39, 0.29) is 5.02 Å². The van der Waals surface area contributed by atoms with Crippen LogP contribution in [0.2, 0.25) is 5.02 Å². The zero-order valence-corrected chi connectivity index (χ0v) is 7.40. The molecule has 1 nitrogen and oxygen atoms in total. The van der Waals surface area contributed by atoms with E-state index < -0.39 is 23.7 Å². The van der Waals surface area contributed by atoms with Gasteiger partial charge in [0.05, 0.1) is 0 Å². The standard InChI is InChI=1S/C8H5ClF4O/c9-4-1-2-5(6(10)3-4)7(14)8(11,12)13/h1-3,7,14H/t7-/m1/s1. The van der Waals surface area contributed by atoms with Crippen molar-refractivity contribution in [1.82, 2.24) is 0 Å². The van der Waals surface area contributed by atoms with Crippen molar-refractivity contribution in [2.45, 2.75) is 12.3 Å². The Balaban J connectivity index is 3.08. The molecule has 0 saturated heterocycles. The molecule has 1 aromatic rings. The summed E-state index contributed by atoms with van der Waals surface area (Å²) in [4.78, 5) is 0. The molecule has 0 aliphatic heterocycles. The maximum Gasteiger partial charge on any atom is 0.418 e. The largest absolute Gasteiger partial charge is 0.418 e. The van der Waals surface area contributed by atoms with E-state index >= 15 is 0 Å². The maximum atomic E-state index is 12.9. The Morgan fingerprint density at radius 2 is 1.86 bits per heavy atom. The van der Waals surface area contributed by atoms with Crippen LogP contribution in [0.15, 0.2) is 18.2 Å². The second-order valence-electron chi connectivity index (χ2n) is 2.61. The summed E-state index contributed by atoms with van der Waals surface area (Å²) in [5, 5.41) is 8.69. The summed E-state index contributed by atoms with van der Waals surface area (Å²) in [6, 6.07) is 2.59. The van der Waals surface area contributed by atoms with Gasteiger partial charge in [-0.05, 0) is 12.1 Å². The summed E-state index contributed by atoms with van der Waals surface area (Å²) in [6.45, 7) is 0. The Bertz CT molecular complexity index is 337. The van der Waals surface area contributed by atoms with Crippen molar-refractivity contribution < 1.29 is 22.7 Å². The number of aliphatic hydroxyl groups is 1. The van der Waals surface area contributed by atoms with Gasteiger partial charge in [-0.25, -0.2) is 4.39 Å². The predicted octanol–water partition coefficient (Wildman–Crippen LogP) is 3.07. The molecule has 0 aliphatic rings. The fraction of sp³-hybridized carbons (Fsp3) is 0.250. The Labute approximate surface area is 81.9 Å². The van der Waals surface area contributed by atoms with E-state index in [9.17, 15) is 17.6 Å². The number of alkyl halides is 3. The number of rotatable bonds is 1. The zero-order chi connectivity index (χ0) is 10.9. The SMILES string of the molecule is O[C@H](c1ccc(Cl)cc1F)C(F)(F)F. The fourth-order valence-electron chi connectivity index (χ4n) is 0.900. The van der Waals surface area contributed by atoms with E-state index in [0.29, 0.717) is 6.07 Å². The van der Waals surface area contributed by atoms with Crippen LogP contribution in [0.3, 0.4) is 0 Å². The van der Waals surface area contributed by atoms with Crippen LogP contribution in [-0.2, 0) is 0 Å². The number of halogens is 5. The van der Waals surface area contributed by atoms with Crippen molar-refractivity contribution in [2.24, 2.45) is 0 Å². The van der Waals surface area contributed by atoms with Crippen molar-refractivity contribution in [2.75, 3.05) is 0 Å². The van der Waals surface area contributed by atoms with Crippen LogP contribution < -0.4 is 0 Å². The third-order valence-electron chi connectivity index (χ3n) is 1.57. The van der Waals surface area contributed by atoms with Gasteiger partial charge in [0.1, 0.15) is 5.82 Å². The van der Waals surface area contributed by atoms with E-state index in [2.05, 4.69) is 0 Å². The monoisotopic (exact) mass is 228 g/mol. The molecule has 0 radical (unpaired) electrons. The second-order valence-corrected chi connectivity index (χ2v) is 3.05. The first kappa shape index (κ1) is 11.3. The number of benzene rings is 1.